The number of benzene rings is 1. The lowest BCUT2D eigenvalue weighted by Crippen LogP contribution is -2.30. The molecule has 0 aliphatic carbocycles. The molecule has 0 fully saturated rings. The zero-order valence-corrected chi connectivity index (χ0v) is 11.6. The van der Waals surface area contributed by atoms with Crippen LogP contribution in [0, 0.1) is 13.8 Å². The predicted octanol–water partition coefficient (Wildman–Crippen LogP) is 2.25. The van der Waals surface area contributed by atoms with E-state index in [0.29, 0.717) is 5.82 Å². The van der Waals surface area contributed by atoms with Crippen LogP contribution in [-0.4, -0.2) is 33.0 Å². The van der Waals surface area contributed by atoms with Gasteiger partial charge in [-0.05, 0) is 26.3 Å². The maximum atomic E-state index is 12.2. The normalized spacial score (nSPS) is 12.2. The molecule has 1 unspecified atom stereocenters. The van der Waals surface area contributed by atoms with Gasteiger partial charge < -0.3 is 4.90 Å². The van der Waals surface area contributed by atoms with Crippen molar-refractivity contribution in [1.29, 1.82) is 0 Å². The summed E-state index contributed by atoms with van der Waals surface area (Å²) in [6.07, 6.45) is 0. The van der Waals surface area contributed by atoms with E-state index < -0.39 is 0 Å². The summed E-state index contributed by atoms with van der Waals surface area (Å²) in [6, 6.07) is 8.13. The van der Waals surface area contributed by atoms with Crippen molar-refractivity contribution in [3.8, 4) is 0 Å². The van der Waals surface area contributed by atoms with Gasteiger partial charge in [0.2, 0.25) is 5.82 Å². The molecular formula is C14H18N4O. The van der Waals surface area contributed by atoms with E-state index in [2.05, 4.69) is 15.2 Å². The first-order chi connectivity index (χ1) is 8.99. The van der Waals surface area contributed by atoms with Gasteiger partial charge >= 0.3 is 0 Å². The van der Waals surface area contributed by atoms with E-state index in [9.17, 15) is 4.79 Å². The molecule has 0 bridgehead atoms. The van der Waals surface area contributed by atoms with Crippen LogP contribution in [0.4, 0.5) is 0 Å². The molecule has 1 atom stereocenters. The van der Waals surface area contributed by atoms with Gasteiger partial charge in [0.05, 0.1) is 6.04 Å². The number of aromatic nitrogens is 3. The van der Waals surface area contributed by atoms with Crippen LogP contribution in [0.2, 0.25) is 0 Å². The summed E-state index contributed by atoms with van der Waals surface area (Å²) in [5.41, 5.74) is 2.29. The Balaban J connectivity index is 2.16. The summed E-state index contributed by atoms with van der Waals surface area (Å²) < 4.78 is 0. The number of hydrogen-bond donors (Lipinski definition) is 1. The minimum atomic E-state index is -0.183. The van der Waals surface area contributed by atoms with Gasteiger partial charge in [0.15, 0.2) is 0 Å². The van der Waals surface area contributed by atoms with E-state index in [-0.39, 0.29) is 17.8 Å². The Morgan fingerprint density at radius 2 is 1.89 bits per heavy atom. The van der Waals surface area contributed by atoms with Crippen molar-refractivity contribution >= 4 is 5.91 Å². The van der Waals surface area contributed by atoms with E-state index in [1.807, 2.05) is 38.1 Å². The predicted molar refractivity (Wildman–Crippen MR) is 72.8 cm³/mol. The number of hydrogen-bond acceptors (Lipinski definition) is 3. The molecule has 0 saturated carbocycles. The molecule has 0 radical (unpaired) electrons. The first-order valence-electron chi connectivity index (χ1n) is 6.21. The van der Waals surface area contributed by atoms with Crippen molar-refractivity contribution in [2.45, 2.75) is 26.8 Å². The Labute approximate surface area is 112 Å². The van der Waals surface area contributed by atoms with Crippen molar-refractivity contribution in [3.05, 3.63) is 47.0 Å². The van der Waals surface area contributed by atoms with Gasteiger partial charge in [-0.1, -0.05) is 29.8 Å². The van der Waals surface area contributed by atoms with Crippen LogP contribution in [-0.2, 0) is 0 Å². The van der Waals surface area contributed by atoms with Crippen LogP contribution in [0.3, 0.4) is 0 Å². The molecular weight excluding hydrogens is 240 g/mol. The summed E-state index contributed by atoms with van der Waals surface area (Å²) in [7, 11) is 1.76. The Hall–Kier alpha value is -2.17. The second kappa shape index (κ2) is 5.22. The largest absolute Gasteiger partial charge is 0.332 e. The average Bonchev–Trinajstić information content (AvgIpc) is 2.84. The number of carbonyl (C=O) groups excluding carboxylic acids is 1. The number of carbonyl (C=O) groups is 1. The highest BCUT2D eigenvalue weighted by Gasteiger charge is 2.21. The van der Waals surface area contributed by atoms with E-state index in [1.165, 1.54) is 5.56 Å². The van der Waals surface area contributed by atoms with Gasteiger partial charge in [-0.25, -0.2) is 4.98 Å². The molecule has 1 amide bonds. The quantitative estimate of drug-likeness (QED) is 0.918. The number of aromatic amines is 1. The maximum absolute atomic E-state index is 12.2. The van der Waals surface area contributed by atoms with Crippen molar-refractivity contribution in [2.75, 3.05) is 7.05 Å². The molecule has 2 rings (SSSR count). The Morgan fingerprint density at radius 1 is 1.26 bits per heavy atom. The molecule has 5 nitrogen and oxygen atoms in total. The second-order valence-electron chi connectivity index (χ2n) is 4.75. The molecule has 0 aliphatic rings. The fourth-order valence-corrected chi connectivity index (χ4v) is 1.84. The lowest BCUT2D eigenvalue weighted by Gasteiger charge is -2.24. The first-order valence-corrected chi connectivity index (χ1v) is 6.21. The zero-order valence-electron chi connectivity index (χ0n) is 11.6. The second-order valence-corrected chi connectivity index (χ2v) is 4.75. The molecule has 2 aromatic rings. The number of H-pyrrole nitrogens is 1. The number of aryl methyl sites for hydroxylation is 2. The standard InChI is InChI=1S/C14H18N4O/c1-9-5-7-12(8-6-9)10(2)18(4)14(19)13-15-11(3)16-17-13/h5-8,10H,1-4H3,(H,15,16,17). The molecule has 100 valence electrons. The third-order valence-corrected chi connectivity index (χ3v) is 3.25. The molecule has 0 saturated heterocycles. The number of nitrogens with zero attached hydrogens (tertiary/aromatic N) is 3. The smallest absolute Gasteiger partial charge is 0.293 e. The summed E-state index contributed by atoms with van der Waals surface area (Å²) in [5, 5.41) is 6.58. The van der Waals surface area contributed by atoms with Gasteiger partial charge in [-0.15, -0.1) is 5.10 Å². The summed E-state index contributed by atoms with van der Waals surface area (Å²) in [5.74, 6) is 0.663. The molecule has 5 heteroatoms. The third-order valence-electron chi connectivity index (χ3n) is 3.25. The Kier molecular flexibility index (Phi) is 3.64. The SMILES string of the molecule is Cc1ccc(C(C)N(C)C(=O)c2n[nH]c(C)n2)cc1. The monoisotopic (exact) mass is 258 g/mol. The van der Waals surface area contributed by atoms with Crippen LogP contribution in [0.1, 0.15) is 40.5 Å². The molecule has 1 heterocycles. The number of nitrogens with one attached hydrogen (secondary N) is 1. The summed E-state index contributed by atoms with van der Waals surface area (Å²) in [4.78, 5) is 17.9. The van der Waals surface area contributed by atoms with Crippen molar-refractivity contribution < 1.29 is 4.79 Å². The fourth-order valence-electron chi connectivity index (χ4n) is 1.84. The molecule has 1 aromatic heterocycles. The van der Waals surface area contributed by atoms with E-state index >= 15 is 0 Å². The van der Waals surface area contributed by atoms with Gasteiger partial charge in [-0.2, -0.15) is 0 Å². The minimum Gasteiger partial charge on any atom is -0.332 e. The Morgan fingerprint density at radius 3 is 2.42 bits per heavy atom. The van der Waals surface area contributed by atoms with Crippen LogP contribution >= 0.6 is 0 Å². The maximum Gasteiger partial charge on any atom is 0.293 e. The lowest BCUT2D eigenvalue weighted by atomic mass is 10.1. The van der Waals surface area contributed by atoms with Crippen LogP contribution in [0.25, 0.3) is 0 Å². The third kappa shape index (κ3) is 2.81. The topological polar surface area (TPSA) is 61.9 Å². The highest BCUT2D eigenvalue weighted by atomic mass is 16.2. The van der Waals surface area contributed by atoms with Crippen molar-refractivity contribution in [2.24, 2.45) is 0 Å². The van der Waals surface area contributed by atoms with E-state index in [4.69, 9.17) is 0 Å². The highest BCUT2D eigenvalue weighted by molar-refractivity contribution is 5.90. The minimum absolute atomic E-state index is 0.0214. The van der Waals surface area contributed by atoms with Crippen LogP contribution < -0.4 is 0 Å². The van der Waals surface area contributed by atoms with Gasteiger partial charge in [0.1, 0.15) is 5.82 Å². The summed E-state index contributed by atoms with van der Waals surface area (Å²) in [6.45, 7) is 5.80. The highest BCUT2D eigenvalue weighted by Crippen LogP contribution is 2.20. The van der Waals surface area contributed by atoms with Crippen molar-refractivity contribution in [3.63, 3.8) is 0 Å². The van der Waals surface area contributed by atoms with Crippen LogP contribution in [0.15, 0.2) is 24.3 Å². The fraction of sp³-hybridized carbons (Fsp3) is 0.357. The number of amides is 1. The van der Waals surface area contributed by atoms with Crippen molar-refractivity contribution in [1.82, 2.24) is 20.1 Å². The van der Waals surface area contributed by atoms with E-state index in [1.54, 1.807) is 18.9 Å². The molecule has 1 aromatic carbocycles. The van der Waals surface area contributed by atoms with Gasteiger partial charge in [0, 0.05) is 7.05 Å². The van der Waals surface area contributed by atoms with Crippen LogP contribution in [0.5, 0.6) is 0 Å². The first kappa shape index (κ1) is 13.3. The van der Waals surface area contributed by atoms with Gasteiger partial charge in [0.25, 0.3) is 5.91 Å². The molecule has 0 spiro atoms. The Bertz CT molecular complexity index is 573. The summed E-state index contributed by atoms with van der Waals surface area (Å²) >= 11 is 0. The lowest BCUT2D eigenvalue weighted by molar-refractivity contribution is 0.0730. The average molecular weight is 258 g/mol. The molecule has 0 aliphatic heterocycles. The molecule has 19 heavy (non-hydrogen) atoms. The number of rotatable bonds is 3. The van der Waals surface area contributed by atoms with Gasteiger partial charge in [-0.3, -0.25) is 9.89 Å². The zero-order chi connectivity index (χ0) is 14.0. The van der Waals surface area contributed by atoms with E-state index in [0.717, 1.165) is 5.56 Å². The molecule has 1 N–H and O–H groups in total.